The fourth-order valence-electron chi connectivity index (χ4n) is 5.36. The average molecular weight is 554 g/mol. The van der Waals surface area contributed by atoms with E-state index in [1.165, 1.54) is 0 Å². The van der Waals surface area contributed by atoms with Crippen LogP contribution >= 0.6 is 0 Å². The van der Waals surface area contributed by atoms with E-state index in [1.54, 1.807) is 6.21 Å². The van der Waals surface area contributed by atoms with Gasteiger partial charge < -0.3 is 15.9 Å². The molecule has 7 nitrogen and oxygen atoms in total. The first-order valence-electron chi connectivity index (χ1n) is 14.6. The number of hydrogen-bond donors (Lipinski definition) is 3. The number of hydrogen-bond acceptors (Lipinski definition) is 6. The quantitative estimate of drug-likeness (QED) is 0.0793. The molecule has 4 aromatic carbocycles. The van der Waals surface area contributed by atoms with Crippen LogP contribution < -0.4 is 5.73 Å². The van der Waals surface area contributed by atoms with E-state index < -0.39 is 6.10 Å². The number of aromatic hydroxyl groups is 1. The van der Waals surface area contributed by atoms with Gasteiger partial charge in [-0.1, -0.05) is 76.2 Å². The molecule has 0 aromatic heterocycles. The van der Waals surface area contributed by atoms with Gasteiger partial charge in [0.2, 0.25) is 0 Å². The molecule has 0 radical (unpaired) electrons. The molecular formula is C34H43N5O2. The normalized spacial score (nSPS) is 13.3. The van der Waals surface area contributed by atoms with Crippen LogP contribution in [0.2, 0.25) is 0 Å². The molecule has 0 saturated heterocycles. The van der Waals surface area contributed by atoms with Crippen LogP contribution in [0.1, 0.15) is 62.5 Å². The molecule has 7 heteroatoms. The van der Waals surface area contributed by atoms with Gasteiger partial charge in [0.25, 0.3) is 0 Å². The highest BCUT2D eigenvalue weighted by atomic mass is 16.3. The van der Waals surface area contributed by atoms with E-state index >= 15 is 0 Å². The third kappa shape index (κ3) is 7.30. The summed E-state index contributed by atoms with van der Waals surface area (Å²) in [5.41, 5.74) is 9.66. The molecule has 0 aliphatic carbocycles. The monoisotopic (exact) mass is 553 g/mol. The number of nitrogens with zero attached hydrogens (tertiary/aromatic N) is 4. The van der Waals surface area contributed by atoms with Gasteiger partial charge in [0.1, 0.15) is 11.6 Å². The van der Waals surface area contributed by atoms with Crippen LogP contribution in [0.4, 0.5) is 0 Å². The Balaban J connectivity index is 1.58. The number of benzene rings is 4. The molecule has 0 spiro atoms. The summed E-state index contributed by atoms with van der Waals surface area (Å²) in [7, 11) is 0. The standard InChI is InChI=1S/C34H43N5O2/c1-5-38(6-2)22-26-17-24(18-27(34(26)41)23-39(7-3)8-4)21-36-37-33(35)20-32(40)31-19-25-13-9-10-14-28(25)29-15-11-12-16-30(29)31/h9-19,21,32,40-41H,5-8,20,22-23H2,1-4H3,(H2,35,37)/b36-21+. The summed E-state index contributed by atoms with van der Waals surface area (Å²) in [5, 5.41) is 35.1. The topological polar surface area (TPSA) is 97.7 Å². The Morgan fingerprint density at radius 1 is 0.805 bits per heavy atom. The van der Waals surface area contributed by atoms with Crippen LogP contribution in [0.5, 0.6) is 5.75 Å². The first-order chi connectivity index (χ1) is 19.9. The number of rotatable bonds is 13. The summed E-state index contributed by atoms with van der Waals surface area (Å²) in [6.45, 7) is 13.4. The molecule has 0 fully saturated rings. The molecule has 0 saturated carbocycles. The van der Waals surface area contributed by atoms with E-state index in [9.17, 15) is 10.2 Å². The highest BCUT2D eigenvalue weighted by molar-refractivity contribution is 6.09. The maximum atomic E-state index is 11.2. The zero-order chi connectivity index (χ0) is 29.4. The van der Waals surface area contributed by atoms with Crippen LogP contribution in [0.25, 0.3) is 21.5 Å². The van der Waals surface area contributed by atoms with E-state index in [2.05, 4.69) is 65.9 Å². The smallest absolute Gasteiger partial charge is 0.125 e. The van der Waals surface area contributed by atoms with Crippen LogP contribution in [0.15, 0.2) is 76.9 Å². The van der Waals surface area contributed by atoms with E-state index in [4.69, 9.17) is 5.73 Å². The van der Waals surface area contributed by atoms with Crippen molar-refractivity contribution in [3.05, 3.63) is 89.0 Å². The van der Waals surface area contributed by atoms with Crippen LogP contribution in [-0.4, -0.2) is 58.2 Å². The lowest BCUT2D eigenvalue weighted by atomic mass is 9.93. The van der Waals surface area contributed by atoms with E-state index in [0.29, 0.717) is 18.8 Å². The molecule has 1 unspecified atom stereocenters. The average Bonchev–Trinajstić information content (AvgIpc) is 2.99. The molecule has 0 aliphatic rings. The third-order valence-corrected chi connectivity index (χ3v) is 7.82. The molecule has 4 aromatic rings. The number of nitrogens with two attached hydrogens (primary N) is 1. The summed E-state index contributed by atoms with van der Waals surface area (Å²) in [4.78, 5) is 4.54. The van der Waals surface area contributed by atoms with Crippen molar-refractivity contribution in [2.24, 2.45) is 15.9 Å². The molecule has 0 heterocycles. The fraction of sp³-hybridized carbons (Fsp3) is 0.353. The van der Waals surface area contributed by atoms with Crippen molar-refractivity contribution in [2.45, 2.75) is 53.3 Å². The second kappa shape index (κ2) is 14.2. The number of phenolic OH excluding ortho intramolecular Hbond substituents is 1. The lowest BCUT2D eigenvalue weighted by molar-refractivity contribution is 0.187. The number of amidine groups is 1. The summed E-state index contributed by atoms with van der Waals surface area (Å²) in [5.74, 6) is 0.589. The van der Waals surface area contributed by atoms with Crippen molar-refractivity contribution in [3.8, 4) is 5.75 Å². The molecule has 4 rings (SSSR count). The minimum Gasteiger partial charge on any atom is -0.507 e. The van der Waals surface area contributed by atoms with Gasteiger partial charge in [-0.25, -0.2) is 0 Å². The predicted molar refractivity (Wildman–Crippen MR) is 172 cm³/mol. The van der Waals surface area contributed by atoms with Gasteiger partial charge in [-0.05, 0) is 77.0 Å². The molecule has 216 valence electrons. The lowest BCUT2D eigenvalue weighted by Crippen LogP contribution is -2.24. The lowest BCUT2D eigenvalue weighted by Gasteiger charge is -2.23. The van der Waals surface area contributed by atoms with Gasteiger partial charge in [0.05, 0.1) is 12.3 Å². The van der Waals surface area contributed by atoms with Gasteiger partial charge >= 0.3 is 0 Å². The van der Waals surface area contributed by atoms with Gasteiger partial charge in [-0.3, -0.25) is 9.80 Å². The van der Waals surface area contributed by atoms with Crippen molar-refractivity contribution in [1.82, 2.24) is 9.80 Å². The molecular weight excluding hydrogens is 510 g/mol. The molecule has 0 amide bonds. The Labute approximate surface area is 243 Å². The number of phenols is 1. The Kier molecular flexibility index (Phi) is 10.5. The Bertz CT molecular complexity index is 1490. The van der Waals surface area contributed by atoms with Crippen molar-refractivity contribution >= 4 is 33.6 Å². The minimum absolute atomic E-state index is 0.162. The van der Waals surface area contributed by atoms with Crippen LogP contribution in [0, 0.1) is 0 Å². The predicted octanol–water partition coefficient (Wildman–Crippen LogP) is 6.20. The SMILES string of the molecule is CCN(CC)Cc1cc(/C=N/N=C(\N)CC(O)c2cc3ccccc3c3ccccc23)cc(CN(CC)CC)c1O. The highest BCUT2D eigenvalue weighted by Gasteiger charge is 2.16. The van der Waals surface area contributed by atoms with Crippen molar-refractivity contribution in [1.29, 1.82) is 0 Å². The summed E-state index contributed by atoms with van der Waals surface area (Å²) < 4.78 is 0. The summed E-state index contributed by atoms with van der Waals surface area (Å²) in [6.07, 6.45) is 1.01. The van der Waals surface area contributed by atoms with E-state index in [0.717, 1.165) is 70.0 Å². The molecule has 1 atom stereocenters. The summed E-state index contributed by atoms with van der Waals surface area (Å²) in [6, 6.07) is 22.2. The van der Waals surface area contributed by atoms with E-state index in [-0.39, 0.29) is 12.3 Å². The molecule has 4 N–H and O–H groups in total. The zero-order valence-electron chi connectivity index (χ0n) is 24.7. The van der Waals surface area contributed by atoms with Crippen molar-refractivity contribution in [2.75, 3.05) is 26.2 Å². The minimum atomic E-state index is -0.821. The van der Waals surface area contributed by atoms with Crippen LogP contribution in [0.3, 0.4) is 0 Å². The second-order valence-corrected chi connectivity index (χ2v) is 10.4. The van der Waals surface area contributed by atoms with Gasteiger partial charge in [0.15, 0.2) is 0 Å². The zero-order valence-corrected chi connectivity index (χ0v) is 24.7. The first-order valence-corrected chi connectivity index (χ1v) is 14.6. The highest BCUT2D eigenvalue weighted by Crippen LogP contribution is 2.33. The number of aliphatic hydroxyl groups is 1. The Morgan fingerprint density at radius 3 is 1.93 bits per heavy atom. The third-order valence-electron chi connectivity index (χ3n) is 7.82. The molecule has 0 bridgehead atoms. The number of aliphatic hydroxyl groups excluding tert-OH is 1. The maximum absolute atomic E-state index is 11.2. The van der Waals surface area contributed by atoms with Gasteiger partial charge in [0, 0.05) is 30.6 Å². The van der Waals surface area contributed by atoms with Crippen LogP contribution in [-0.2, 0) is 13.1 Å². The Hall–Kier alpha value is -3.78. The molecule has 0 aliphatic heterocycles. The second-order valence-electron chi connectivity index (χ2n) is 10.4. The molecule has 41 heavy (non-hydrogen) atoms. The maximum Gasteiger partial charge on any atom is 0.125 e. The van der Waals surface area contributed by atoms with E-state index in [1.807, 2.05) is 48.5 Å². The van der Waals surface area contributed by atoms with Gasteiger partial charge in [-0.2, -0.15) is 5.10 Å². The van der Waals surface area contributed by atoms with Crippen molar-refractivity contribution < 1.29 is 10.2 Å². The summed E-state index contributed by atoms with van der Waals surface area (Å²) >= 11 is 0. The van der Waals surface area contributed by atoms with Gasteiger partial charge in [-0.15, -0.1) is 5.10 Å². The fourth-order valence-corrected chi connectivity index (χ4v) is 5.36. The largest absolute Gasteiger partial charge is 0.507 e. The number of fused-ring (bicyclic) bond motifs is 3. The van der Waals surface area contributed by atoms with Crippen molar-refractivity contribution in [3.63, 3.8) is 0 Å². The first kappa shape index (κ1) is 30.2. The Morgan fingerprint density at radius 2 is 1.34 bits per heavy atom.